The number of benzene rings is 2. The fourth-order valence-corrected chi connectivity index (χ4v) is 2.79. The average Bonchev–Trinajstić information content (AvgIpc) is 2.55. The lowest BCUT2D eigenvalue weighted by Crippen LogP contribution is -2.25. The monoisotopic (exact) mass is 399 g/mol. The largest absolute Gasteiger partial charge is 0.294 e. The van der Waals surface area contributed by atoms with Crippen molar-refractivity contribution in [2.24, 2.45) is 0 Å². The number of nitrogens with one attached hydrogen (secondary N) is 1. The van der Waals surface area contributed by atoms with Gasteiger partial charge in [-0.15, -0.1) is 0 Å². The summed E-state index contributed by atoms with van der Waals surface area (Å²) in [6.45, 7) is 0. The van der Waals surface area contributed by atoms with Crippen LogP contribution in [0.5, 0.6) is 0 Å². The fourth-order valence-electron chi connectivity index (χ4n) is 1.96. The molecule has 0 amide bonds. The third-order valence-electron chi connectivity index (χ3n) is 3.22. The summed E-state index contributed by atoms with van der Waals surface area (Å²) >= 11 is 0. The SMILES string of the molecule is O=C(/C=C\c1ccc(F)cc1F)CS(=O)(=O)N/C=C\c1ccc(F)cc1F. The Labute approximate surface area is 152 Å². The molecule has 0 bridgehead atoms. The molecule has 0 aliphatic carbocycles. The first-order valence-electron chi connectivity index (χ1n) is 7.44. The molecule has 27 heavy (non-hydrogen) atoms. The van der Waals surface area contributed by atoms with Crippen molar-refractivity contribution < 1.29 is 30.8 Å². The Morgan fingerprint density at radius 1 is 0.889 bits per heavy atom. The minimum Gasteiger partial charge on any atom is -0.294 e. The average molecular weight is 399 g/mol. The number of carbonyl (C=O) groups is 1. The van der Waals surface area contributed by atoms with Crippen LogP contribution in [-0.2, 0) is 14.8 Å². The molecule has 142 valence electrons. The predicted octanol–water partition coefficient (Wildman–Crippen LogP) is 3.42. The zero-order chi connectivity index (χ0) is 20.0. The van der Waals surface area contributed by atoms with E-state index in [1.807, 2.05) is 4.72 Å². The Morgan fingerprint density at radius 2 is 1.41 bits per heavy atom. The molecule has 2 aromatic carbocycles. The maximum absolute atomic E-state index is 13.4. The first-order valence-corrected chi connectivity index (χ1v) is 9.09. The first kappa shape index (κ1) is 20.4. The Balaban J connectivity index is 1.97. The second-order valence-electron chi connectivity index (χ2n) is 5.34. The lowest BCUT2D eigenvalue weighted by Gasteiger charge is -2.02. The van der Waals surface area contributed by atoms with Crippen LogP contribution in [0.4, 0.5) is 17.6 Å². The van der Waals surface area contributed by atoms with Gasteiger partial charge in [0.2, 0.25) is 10.0 Å². The smallest absolute Gasteiger partial charge is 0.239 e. The van der Waals surface area contributed by atoms with Crippen LogP contribution in [0.25, 0.3) is 12.2 Å². The van der Waals surface area contributed by atoms with Gasteiger partial charge in [-0.3, -0.25) is 9.52 Å². The molecule has 0 spiro atoms. The van der Waals surface area contributed by atoms with Crippen molar-refractivity contribution in [3.63, 3.8) is 0 Å². The van der Waals surface area contributed by atoms with Crippen LogP contribution >= 0.6 is 0 Å². The van der Waals surface area contributed by atoms with Gasteiger partial charge < -0.3 is 0 Å². The van der Waals surface area contributed by atoms with Crippen LogP contribution in [0.1, 0.15) is 11.1 Å². The van der Waals surface area contributed by atoms with E-state index < -0.39 is 44.8 Å². The van der Waals surface area contributed by atoms with E-state index in [1.54, 1.807) is 0 Å². The lowest BCUT2D eigenvalue weighted by atomic mass is 10.2. The number of hydrogen-bond acceptors (Lipinski definition) is 3. The van der Waals surface area contributed by atoms with Gasteiger partial charge in [0.25, 0.3) is 0 Å². The minimum absolute atomic E-state index is 0.0582. The summed E-state index contributed by atoms with van der Waals surface area (Å²) in [5.41, 5.74) is -0.140. The van der Waals surface area contributed by atoms with Gasteiger partial charge >= 0.3 is 0 Å². The summed E-state index contributed by atoms with van der Waals surface area (Å²) in [5.74, 6) is -5.14. The molecule has 2 aromatic rings. The second kappa shape index (κ2) is 8.63. The molecule has 1 N–H and O–H groups in total. The van der Waals surface area contributed by atoms with E-state index >= 15 is 0 Å². The molecule has 0 aliphatic heterocycles. The number of carbonyl (C=O) groups excluding carboxylic acids is 1. The number of halogens is 4. The summed E-state index contributed by atoms with van der Waals surface area (Å²) in [7, 11) is -4.08. The van der Waals surface area contributed by atoms with Crippen molar-refractivity contribution in [3.05, 3.63) is 83.1 Å². The molecule has 0 radical (unpaired) electrons. The van der Waals surface area contributed by atoms with Gasteiger partial charge in [0, 0.05) is 29.5 Å². The van der Waals surface area contributed by atoms with Gasteiger partial charge in [-0.1, -0.05) is 0 Å². The van der Waals surface area contributed by atoms with E-state index in [2.05, 4.69) is 0 Å². The Hall–Kier alpha value is -2.94. The molecule has 0 atom stereocenters. The lowest BCUT2D eigenvalue weighted by molar-refractivity contribution is -0.112. The predicted molar refractivity (Wildman–Crippen MR) is 92.7 cm³/mol. The molecule has 0 saturated carbocycles. The van der Waals surface area contributed by atoms with E-state index in [0.717, 1.165) is 48.7 Å². The highest BCUT2D eigenvalue weighted by Crippen LogP contribution is 2.12. The number of allylic oxidation sites excluding steroid dienone is 1. The zero-order valence-corrected chi connectivity index (χ0v) is 14.4. The highest BCUT2D eigenvalue weighted by Gasteiger charge is 2.13. The van der Waals surface area contributed by atoms with Crippen LogP contribution in [0, 0.1) is 23.3 Å². The standard InChI is InChI=1S/C18H13F4NO3S/c19-14-4-1-12(17(21)9-14)3-6-16(24)11-27(25,26)23-8-7-13-2-5-15(20)10-18(13)22/h1-10,23H,11H2/b6-3-,8-7-. The molecule has 0 aliphatic rings. The maximum atomic E-state index is 13.4. The molecule has 2 rings (SSSR count). The van der Waals surface area contributed by atoms with Crippen LogP contribution in [-0.4, -0.2) is 20.0 Å². The molecule has 0 aromatic heterocycles. The van der Waals surface area contributed by atoms with Crippen LogP contribution in [0.3, 0.4) is 0 Å². The van der Waals surface area contributed by atoms with E-state index in [0.29, 0.717) is 12.1 Å². The van der Waals surface area contributed by atoms with Gasteiger partial charge in [-0.05, 0) is 42.5 Å². The minimum atomic E-state index is -4.08. The van der Waals surface area contributed by atoms with Crippen LogP contribution < -0.4 is 4.72 Å². The third-order valence-corrected chi connectivity index (χ3v) is 4.38. The number of ketones is 1. The van der Waals surface area contributed by atoms with E-state index in [4.69, 9.17) is 0 Å². The van der Waals surface area contributed by atoms with Gasteiger partial charge in [0.15, 0.2) is 5.78 Å². The summed E-state index contributed by atoms with van der Waals surface area (Å²) in [5, 5.41) is 0. The quantitative estimate of drug-likeness (QED) is 0.573. The van der Waals surface area contributed by atoms with Crippen molar-refractivity contribution in [3.8, 4) is 0 Å². The van der Waals surface area contributed by atoms with Crippen LogP contribution in [0.2, 0.25) is 0 Å². The molecule has 0 unspecified atom stereocenters. The van der Waals surface area contributed by atoms with Gasteiger partial charge in [0.1, 0.15) is 29.0 Å². The van der Waals surface area contributed by atoms with Gasteiger partial charge in [-0.25, -0.2) is 26.0 Å². The first-order chi connectivity index (χ1) is 12.7. The number of sulfonamides is 1. The highest BCUT2D eigenvalue weighted by molar-refractivity contribution is 7.90. The normalized spacial score (nSPS) is 12.0. The molecular formula is C18H13F4NO3S. The van der Waals surface area contributed by atoms with E-state index in [-0.39, 0.29) is 11.1 Å². The van der Waals surface area contributed by atoms with E-state index in [9.17, 15) is 30.8 Å². The van der Waals surface area contributed by atoms with Crippen molar-refractivity contribution in [2.45, 2.75) is 0 Å². The van der Waals surface area contributed by atoms with Gasteiger partial charge in [0.05, 0.1) is 0 Å². The summed E-state index contributed by atoms with van der Waals surface area (Å²) in [4.78, 5) is 11.7. The Morgan fingerprint density at radius 3 is 1.93 bits per heavy atom. The second-order valence-corrected chi connectivity index (χ2v) is 7.10. The fraction of sp³-hybridized carbons (Fsp3) is 0.0556. The third kappa shape index (κ3) is 6.37. The molecule has 9 heteroatoms. The maximum Gasteiger partial charge on any atom is 0.239 e. The van der Waals surface area contributed by atoms with Crippen LogP contribution in [0.15, 0.2) is 48.7 Å². The Bertz CT molecular complexity index is 1020. The number of rotatable bonds is 7. The van der Waals surface area contributed by atoms with Crippen molar-refractivity contribution >= 4 is 28.0 Å². The number of hydrogen-bond donors (Lipinski definition) is 1. The van der Waals surface area contributed by atoms with Crippen molar-refractivity contribution in [2.75, 3.05) is 5.75 Å². The summed E-state index contributed by atoms with van der Waals surface area (Å²) in [6, 6.07) is 5.46. The highest BCUT2D eigenvalue weighted by atomic mass is 32.2. The summed E-state index contributed by atoms with van der Waals surface area (Å²) < 4.78 is 78.0. The summed E-state index contributed by atoms with van der Waals surface area (Å²) in [6.07, 6.45) is 3.82. The van der Waals surface area contributed by atoms with Crippen molar-refractivity contribution in [1.82, 2.24) is 4.72 Å². The zero-order valence-electron chi connectivity index (χ0n) is 13.6. The van der Waals surface area contributed by atoms with Gasteiger partial charge in [-0.2, -0.15) is 0 Å². The molecule has 0 heterocycles. The molecule has 0 fully saturated rings. The van der Waals surface area contributed by atoms with Crippen molar-refractivity contribution in [1.29, 1.82) is 0 Å². The van der Waals surface area contributed by atoms with E-state index in [1.165, 1.54) is 0 Å². The Kier molecular flexibility index (Phi) is 6.51. The topological polar surface area (TPSA) is 63.2 Å². The molecule has 4 nitrogen and oxygen atoms in total. The molecular weight excluding hydrogens is 386 g/mol. The molecule has 0 saturated heterocycles.